The highest BCUT2D eigenvalue weighted by Gasteiger charge is 2.22. The monoisotopic (exact) mass is 444 g/mol. The van der Waals surface area contributed by atoms with Crippen LogP contribution in [0.2, 0.25) is 0 Å². The number of hydrogen-bond donors (Lipinski definition) is 1. The number of hydrogen-bond acceptors (Lipinski definition) is 4. The van der Waals surface area contributed by atoms with Crippen LogP contribution in [0.3, 0.4) is 0 Å². The Morgan fingerprint density at radius 2 is 2.04 bits per heavy atom. The molecule has 0 saturated carbocycles. The van der Waals surface area contributed by atoms with E-state index in [1.165, 1.54) is 13.3 Å². The van der Waals surface area contributed by atoms with E-state index in [4.69, 9.17) is 4.74 Å². The number of carbonyl (C=O) groups is 1. The van der Waals surface area contributed by atoms with Gasteiger partial charge in [-0.2, -0.15) is 0 Å². The summed E-state index contributed by atoms with van der Waals surface area (Å²) in [4.78, 5) is 20.3. The van der Waals surface area contributed by atoms with Crippen LogP contribution in [0.5, 0.6) is 10.9 Å². The number of thiazole rings is 1. The third kappa shape index (κ3) is 4.65. The smallest absolute Gasteiger partial charge is 0.279 e. The van der Waals surface area contributed by atoms with E-state index in [2.05, 4.69) is 27.6 Å². The minimum atomic E-state index is 0.176. The van der Waals surface area contributed by atoms with Crippen molar-refractivity contribution in [3.8, 4) is 10.9 Å². The molecule has 0 aliphatic carbocycles. The van der Waals surface area contributed by atoms with Crippen molar-refractivity contribution in [3.05, 3.63) is 38.9 Å². The molecule has 1 N–H and O–H groups in total. The fourth-order valence-corrected chi connectivity index (χ4v) is 3.79. The van der Waals surface area contributed by atoms with Gasteiger partial charge in [-0.15, -0.1) is 0 Å². The first-order chi connectivity index (χ1) is 11.1. The lowest BCUT2D eigenvalue weighted by molar-refractivity contribution is -0.917. The second-order valence-corrected chi connectivity index (χ2v) is 7.90. The molecule has 0 bridgehead atoms. The van der Waals surface area contributed by atoms with Gasteiger partial charge in [0.2, 0.25) is 5.91 Å². The van der Waals surface area contributed by atoms with Crippen LogP contribution in [-0.2, 0) is 11.3 Å². The number of aromatic nitrogens is 1. The fourth-order valence-electron chi connectivity index (χ4n) is 2.58. The van der Waals surface area contributed by atoms with E-state index in [-0.39, 0.29) is 5.91 Å². The maximum Gasteiger partial charge on any atom is 0.279 e. The first-order valence-electron chi connectivity index (χ1n) is 7.57. The minimum absolute atomic E-state index is 0.176. The molecule has 1 amide bonds. The predicted molar refractivity (Wildman–Crippen MR) is 98.0 cm³/mol. The molecule has 1 aliphatic rings. The van der Waals surface area contributed by atoms with Gasteiger partial charge in [-0.3, -0.25) is 4.79 Å². The molecule has 1 aromatic heterocycles. The van der Waals surface area contributed by atoms with Crippen molar-refractivity contribution in [3.63, 3.8) is 0 Å². The van der Waals surface area contributed by atoms with Gasteiger partial charge < -0.3 is 14.5 Å². The summed E-state index contributed by atoms with van der Waals surface area (Å²) in [6.45, 7) is 6.25. The summed E-state index contributed by atoms with van der Waals surface area (Å²) in [6.07, 6.45) is 1.90. The zero-order chi connectivity index (χ0) is 16.2. The standard InChI is InChI=1S/C16H18IN3O2S/c1-12(21)20-8-6-19(7-9-20)11-15-10-18-16(23-15)22-14-4-2-13(17)3-5-14/h2-5,10H,6-9,11H2,1H3/p+1. The van der Waals surface area contributed by atoms with Gasteiger partial charge in [0.1, 0.15) is 12.3 Å². The van der Waals surface area contributed by atoms with Crippen LogP contribution in [0.15, 0.2) is 30.5 Å². The molecule has 5 nitrogen and oxygen atoms in total. The number of ether oxygens (including phenoxy) is 1. The molecule has 122 valence electrons. The fraction of sp³-hybridized carbons (Fsp3) is 0.375. The molecule has 0 unspecified atom stereocenters. The van der Waals surface area contributed by atoms with Crippen LogP contribution >= 0.6 is 33.9 Å². The lowest BCUT2D eigenvalue weighted by Crippen LogP contribution is -3.13. The quantitative estimate of drug-likeness (QED) is 0.732. The molecule has 23 heavy (non-hydrogen) atoms. The van der Waals surface area contributed by atoms with E-state index in [0.717, 1.165) is 38.5 Å². The van der Waals surface area contributed by atoms with Crippen molar-refractivity contribution in [2.24, 2.45) is 0 Å². The molecule has 1 aliphatic heterocycles. The van der Waals surface area contributed by atoms with Crippen LogP contribution in [0.25, 0.3) is 0 Å². The van der Waals surface area contributed by atoms with Gasteiger partial charge in [0.25, 0.3) is 5.19 Å². The Bertz CT molecular complexity index is 666. The van der Waals surface area contributed by atoms with E-state index < -0.39 is 0 Å². The van der Waals surface area contributed by atoms with Crippen LogP contribution in [0.1, 0.15) is 11.8 Å². The molecule has 1 saturated heterocycles. The average molecular weight is 444 g/mol. The van der Waals surface area contributed by atoms with Gasteiger partial charge in [0, 0.05) is 10.5 Å². The van der Waals surface area contributed by atoms with Crippen molar-refractivity contribution < 1.29 is 14.4 Å². The van der Waals surface area contributed by atoms with Gasteiger partial charge in [-0.05, 0) is 46.9 Å². The average Bonchev–Trinajstić information content (AvgIpc) is 2.97. The number of halogens is 1. The van der Waals surface area contributed by atoms with Crippen LogP contribution in [-0.4, -0.2) is 42.0 Å². The molecule has 0 radical (unpaired) electrons. The molecule has 2 aromatic rings. The van der Waals surface area contributed by atoms with Crippen molar-refractivity contribution >= 4 is 39.8 Å². The lowest BCUT2D eigenvalue weighted by atomic mass is 10.3. The third-order valence-electron chi connectivity index (χ3n) is 3.89. The zero-order valence-corrected chi connectivity index (χ0v) is 15.9. The van der Waals surface area contributed by atoms with E-state index in [1.807, 2.05) is 35.4 Å². The predicted octanol–water partition coefficient (Wildman–Crippen LogP) is 1.79. The molecule has 7 heteroatoms. The molecular formula is C16H19IN3O2S+. The third-order valence-corrected chi connectivity index (χ3v) is 5.49. The summed E-state index contributed by atoms with van der Waals surface area (Å²) >= 11 is 3.87. The van der Waals surface area contributed by atoms with Crippen LogP contribution in [0, 0.1) is 3.57 Å². The molecule has 0 spiro atoms. The van der Waals surface area contributed by atoms with Crippen LogP contribution in [0.4, 0.5) is 0 Å². The molecule has 1 aromatic carbocycles. The number of benzene rings is 1. The second-order valence-electron chi connectivity index (χ2n) is 5.58. The molecule has 1 fully saturated rings. The SMILES string of the molecule is CC(=O)N1CC[NH+](Cc2cnc(Oc3ccc(I)cc3)s2)CC1. The van der Waals surface area contributed by atoms with E-state index in [0.29, 0.717) is 5.19 Å². The van der Waals surface area contributed by atoms with E-state index >= 15 is 0 Å². The van der Waals surface area contributed by atoms with Crippen molar-refractivity contribution in [2.45, 2.75) is 13.5 Å². The lowest BCUT2D eigenvalue weighted by Gasteiger charge is -2.31. The Balaban J connectivity index is 1.53. The van der Waals surface area contributed by atoms with Gasteiger partial charge in [-0.25, -0.2) is 4.98 Å². The highest BCUT2D eigenvalue weighted by molar-refractivity contribution is 14.1. The minimum Gasteiger partial charge on any atom is -0.431 e. The summed E-state index contributed by atoms with van der Waals surface area (Å²) in [6, 6.07) is 7.94. The maximum absolute atomic E-state index is 11.4. The first kappa shape index (κ1) is 16.7. The number of rotatable bonds is 4. The number of quaternary nitrogens is 1. The Kier molecular flexibility index (Phi) is 5.50. The summed E-state index contributed by atoms with van der Waals surface area (Å²) in [5.41, 5.74) is 0. The highest BCUT2D eigenvalue weighted by Crippen LogP contribution is 2.26. The van der Waals surface area contributed by atoms with Gasteiger partial charge in [-0.1, -0.05) is 11.3 Å². The largest absolute Gasteiger partial charge is 0.431 e. The van der Waals surface area contributed by atoms with Gasteiger partial charge in [0.15, 0.2) is 0 Å². The normalized spacial score (nSPS) is 15.7. The van der Waals surface area contributed by atoms with Crippen molar-refractivity contribution in [1.82, 2.24) is 9.88 Å². The van der Waals surface area contributed by atoms with E-state index in [9.17, 15) is 4.79 Å². The van der Waals surface area contributed by atoms with E-state index in [1.54, 1.807) is 18.3 Å². The number of amides is 1. The Labute approximate surface area is 153 Å². The number of nitrogens with one attached hydrogen (secondary N) is 1. The van der Waals surface area contributed by atoms with Gasteiger partial charge in [0.05, 0.1) is 37.3 Å². The Morgan fingerprint density at radius 1 is 1.35 bits per heavy atom. The number of piperazine rings is 1. The Hall–Kier alpha value is -1.19. The summed E-state index contributed by atoms with van der Waals surface area (Å²) < 4.78 is 6.98. The zero-order valence-electron chi connectivity index (χ0n) is 12.9. The molecule has 2 heterocycles. The van der Waals surface area contributed by atoms with Crippen LogP contribution < -0.4 is 9.64 Å². The number of nitrogens with zero attached hydrogens (tertiary/aromatic N) is 2. The molecule has 3 rings (SSSR count). The number of carbonyl (C=O) groups excluding carboxylic acids is 1. The first-order valence-corrected chi connectivity index (χ1v) is 9.47. The summed E-state index contributed by atoms with van der Waals surface area (Å²) in [7, 11) is 0. The van der Waals surface area contributed by atoms with Crippen molar-refractivity contribution in [2.75, 3.05) is 26.2 Å². The second kappa shape index (κ2) is 7.59. The molecular weight excluding hydrogens is 425 g/mol. The topological polar surface area (TPSA) is 46.9 Å². The Morgan fingerprint density at radius 3 is 2.70 bits per heavy atom. The summed E-state index contributed by atoms with van der Waals surface area (Å²) in [5.74, 6) is 0.990. The van der Waals surface area contributed by atoms with Gasteiger partial charge >= 0.3 is 0 Å². The molecule has 0 atom stereocenters. The highest BCUT2D eigenvalue weighted by atomic mass is 127. The summed E-state index contributed by atoms with van der Waals surface area (Å²) in [5, 5.41) is 0.683. The van der Waals surface area contributed by atoms with Crippen molar-refractivity contribution in [1.29, 1.82) is 0 Å². The maximum atomic E-state index is 11.4.